The summed E-state index contributed by atoms with van der Waals surface area (Å²) in [6.45, 7) is 7.63. The maximum atomic E-state index is 5.73. The average molecular weight is 306 g/mol. The molecule has 0 spiro atoms. The van der Waals surface area contributed by atoms with Crippen molar-refractivity contribution in [1.82, 2.24) is 0 Å². The van der Waals surface area contributed by atoms with Crippen molar-refractivity contribution in [2.45, 2.75) is 62.9 Å². The summed E-state index contributed by atoms with van der Waals surface area (Å²) in [4.78, 5) is 0. The van der Waals surface area contributed by atoms with Gasteiger partial charge in [-0.3, -0.25) is 0 Å². The summed E-state index contributed by atoms with van der Waals surface area (Å²) in [5.74, 6) is 0. The van der Waals surface area contributed by atoms with Crippen LogP contribution in [0.3, 0.4) is 0 Å². The van der Waals surface area contributed by atoms with Crippen molar-refractivity contribution < 1.29 is 3.07 Å². The summed E-state index contributed by atoms with van der Waals surface area (Å²) in [6, 6.07) is 0.369. The Morgan fingerprint density at radius 1 is 1.21 bits per heavy atom. The van der Waals surface area contributed by atoms with Gasteiger partial charge in [0.1, 0.15) is 0 Å². The molecule has 2 nitrogen and oxygen atoms in total. The third kappa shape index (κ3) is 10.8. The van der Waals surface area contributed by atoms with Gasteiger partial charge in [-0.1, -0.05) is 0 Å². The molecule has 2 atom stereocenters. The van der Waals surface area contributed by atoms with Gasteiger partial charge >= 0.3 is 99.8 Å². The van der Waals surface area contributed by atoms with Crippen molar-refractivity contribution in [1.29, 1.82) is 0 Å². The molecule has 3 heteroatoms. The molecule has 0 saturated heterocycles. The van der Waals surface area contributed by atoms with Crippen molar-refractivity contribution in [3.63, 3.8) is 0 Å². The van der Waals surface area contributed by atoms with Crippen LogP contribution < -0.4 is 5.73 Å². The molecule has 2 N–H and O–H groups in total. The van der Waals surface area contributed by atoms with Gasteiger partial charge in [0.05, 0.1) is 0 Å². The SMILES string of the molecule is CCCC[O][Sn][CH](C)CCCC(C)N. The third-order valence-corrected chi connectivity index (χ3v) is 5.21. The standard InChI is InChI=1S/C7H16N.C4H9O.Sn/c1-3-4-5-6-7(2)8;1-2-3-4-5;/h3,7H,4-6,8H2,1-2H3;2-4H2,1H3;/q;-1;+1. The van der Waals surface area contributed by atoms with E-state index in [9.17, 15) is 0 Å². The Morgan fingerprint density at radius 2 is 1.93 bits per heavy atom. The van der Waals surface area contributed by atoms with Gasteiger partial charge < -0.3 is 0 Å². The molecule has 0 fully saturated rings. The Bertz CT molecular complexity index is 120. The van der Waals surface area contributed by atoms with Gasteiger partial charge in [-0.15, -0.1) is 0 Å². The molecule has 0 aromatic heterocycles. The molecular formula is C11H25NOSn. The van der Waals surface area contributed by atoms with Crippen LogP contribution in [0.25, 0.3) is 0 Å². The average Bonchev–Trinajstić information content (AvgIpc) is 2.12. The molecule has 0 aliphatic rings. The minimum absolute atomic E-state index is 0.369. The Hall–Kier alpha value is 0.719. The summed E-state index contributed by atoms with van der Waals surface area (Å²) in [5, 5.41) is 0. The summed E-state index contributed by atoms with van der Waals surface area (Å²) in [6.07, 6.45) is 6.24. The van der Waals surface area contributed by atoms with Crippen molar-refractivity contribution in [2.75, 3.05) is 6.61 Å². The molecule has 0 saturated carbocycles. The van der Waals surface area contributed by atoms with Crippen LogP contribution in [-0.4, -0.2) is 34.2 Å². The second-order valence-electron chi connectivity index (χ2n) is 4.13. The molecule has 0 aromatic rings. The molecule has 84 valence electrons. The van der Waals surface area contributed by atoms with Crippen molar-refractivity contribution in [3.8, 4) is 0 Å². The fraction of sp³-hybridized carbons (Fsp3) is 1.00. The minimum atomic E-state index is -0.536. The first-order valence-electron chi connectivity index (χ1n) is 5.79. The number of rotatable bonds is 9. The van der Waals surface area contributed by atoms with Crippen LogP contribution in [-0.2, 0) is 3.07 Å². The van der Waals surface area contributed by atoms with Crippen LogP contribution in [0.5, 0.6) is 0 Å². The molecule has 0 aliphatic heterocycles. The van der Waals surface area contributed by atoms with E-state index in [0.717, 1.165) is 10.5 Å². The first-order valence-corrected chi connectivity index (χ1v) is 8.61. The number of hydrogen-bond donors (Lipinski definition) is 1. The van der Waals surface area contributed by atoms with E-state index in [2.05, 4.69) is 20.8 Å². The van der Waals surface area contributed by atoms with E-state index in [4.69, 9.17) is 8.81 Å². The van der Waals surface area contributed by atoms with Gasteiger partial charge in [-0.2, -0.15) is 0 Å². The molecule has 0 bridgehead atoms. The van der Waals surface area contributed by atoms with E-state index in [1.165, 1.54) is 32.1 Å². The number of unbranched alkanes of at least 4 members (excludes halogenated alkanes) is 1. The monoisotopic (exact) mass is 307 g/mol. The zero-order valence-corrected chi connectivity index (χ0v) is 12.7. The van der Waals surface area contributed by atoms with Crippen molar-refractivity contribution in [2.24, 2.45) is 5.73 Å². The quantitative estimate of drug-likeness (QED) is 0.525. The predicted octanol–water partition coefficient (Wildman–Crippen LogP) is 2.75. The van der Waals surface area contributed by atoms with Crippen molar-refractivity contribution >= 4 is 21.6 Å². The van der Waals surface area contributed by atoms with E-state index in [0.29, 0.717) is 6.04 Å². The van der Waals surface area contributed by atoms with Crippen LogP contribution in [0.4, 0.5) is 0 Å². The molecule has 0 rings (SSSR count). The van der Waals surface area contributed by atoms with Gasteiger partial charge in [0.15, 0.2) is 0 Å². The molecular weight excluding hydrogens is 281 g/mol. The molecule has 0 aliphatic carbocycles. The molecule has 2 unspecified atom stereocenters. The third-order valence-electron chi connectivity index (χ3n) is 2.18. The summed E-state index contributed by atoms with van der Waals surface area (Å²) in [5.41, 5.74) is 5.70. The topological polar surface area (TPSA) is 35.2 Å². The summed E-state index contributed by atoms with van der Waals surface area (Å²) in [7, 11) is 0. The van der Waals surface area contributed by atoms with Crippen LogP contribution >= 0.6 is 0 Å². The number of nitrogens with two attached hydrogens (primary N) is 1. The predicted molar refractivity (Wildman–Crippen MR) is 63.5 cm³/mol. The van der Waals surface area contributed by atoms with E-state index in [-0.39, 0.29) is 0 Å². The first-order chi connectivity index (χ1) is 6.66. The Kier molecular flexibility index (Phi) is 10.8. The van der Waals surface area contributed by atoms with Crippen LogP contribution in [0.2, 0.25) is 3.93 Å². The van der Waals surface area contributed by atoms with Gasteiger partial charge in [-0.05, 0) is 0 Å². The zero-order valence-electron chi connectivity index (χ0n) is 9.88. The Morgan fingerprint density at radius 3 is 2.50 bits per heavy atom. The Labute approximate surface area is 99.7 Å². The van der Waals surface area contributed by atoms with E-state index < -0.39 is 21.6 Å². The fourth-order valence-corrected chi connectivity index (χ4v) is 3.70. The van der Waals surface area contributed by atoms with Gasteiger partial charge in [0.25, 0.3) is 0 Å². The van der Waals surface area contributed by atoms with Gasteiger partial charge in [0.2, 0.25) is 0 Å². The summed E-state index contributed by atoms with van der Waals surface area (Å²) < 4.78 is 6.59. The summed E-state index contributed by atoms with van der Waals surface area (Å²) >= 11 is -0.536. The van der Waals surface area contributed by atoms with Crippen LogP contribution in [0.1, 0.15) is 52.9 Å². The van der Waals surface area contributed by atoms with E-state index in [1.807, 2.05) is 0 Å². The fourth-order valence-electron chi connectivity index (χ4n) is 1.22. The van der Waals surface area contributed by atoms with Crippen LogP contribution in [0, 0.1) is 0 Å². The zero-order chi connectivity index (χ0) is 10.8. The number of hydrogen-bond acceptors (Lipinski definition) is 2. The van der Waals surface area contributed by atoms with E-state index >= 15 is 0 Å². The van der Waals surface area contributed by atoms with E-state index in [1.54, 1.807) is 0 Å². The molecule has 0 heterocycles. The first kappa shape index (κ1) is 14.7. The van der Waals surface area contributed by atoms with Gasteiger partial charge in [-0.25, -0.2) is 0 Å². The van der Waals surface area contributed by atoms with Crippen LogP contribution in [0.15, 0.2) is 0 Å². The molecule has 0 amide bonds. The molecule has 0 aromatic carbocycles. The molecule has 14 heavy (non-hydrogen) atoms. The second kappa shape index (κ2) is 10.2. The Balaban J connectivity index is 3.15. The van der Waals surface area contributed by atoms with Crippen molar-refractivity contribution in [3.05, 3.63) is 0 Å². The van der Waals surface area contributed by atoms with Gasteiger partial charge in [0, 0.05) is 0 Å². The maximum absolute atomic E-state index is 5.73. The normalized spacial score (nSPS) is 15.4. The molecule has 2 radical (unpaired) electrons. The second-order valence-corrected chi connectivity index (χ2v) is 8.44.